The number of pyridine rings is 1. The molecular weight excluding hydrogens is 282 g/mol. The second-order valence-electron chi connectivity index (χ2n) is 5.70. The summed E-state index contributed by atoms with van der Waals surface area (Å²) in [7, 11) is 0. The Morgan fingerprint density at radius 3 is 2.62 bits per heavy atom. The largest absolute Gasteiger partial charge is 0.485 e. The minimum atomic E-state index is 0.0634. The summed E-state index contributed by atoms with van der Waals surface area (Å²) in [5.74, 6) is 1.26. The van der Waals surface area contributed by atoms with Crippen LogP contribution in [-0.4, -0.2) is 16.0 Å². The molecule has 2 heterocycles. The molecule has 0 spiro atoms. The molecule has 4 nitrogen and oxygen atoms in total. The van der Waals surface area contributed by atoms with Crippen LogP contribution >= 0.6 is 11.3 Å². The first-order valence-electron chi connectivity index (χ1n) is 7.25. The van der Waals surface area contributed by atoms with Gasteiger partial charge in [0, 0.05) is 29.5 Å². The summed E-state index contributed by atoms with van der Waals surface area (Å²) >= 11 is 1.68. The smallest absolute Gasteiger partial charge is 0.141 e. The number of nitrogens with two attached hydrogens (primary N) is 1. The van der Waals surface area contributed by atoms with Gasteiger partial charge in [-0.2, -0.15) is 0 Å². The molecule has 21 heavy (non-hydrogen) atoms. The second kappa shape index (κ2) is 7.00. The lowest BCUT2D eigenvalue weighted by atomic mass is 10.1. The fourth-order valence-corrected chi connectivity index (χ4v) is 2.81. The van der Waals surface area contributed by atoms with E-state index in [1.165, 1.54) is 0 Å². The maximum absolute atomic E-state index is 5.90. The number of aromatic nitrogens is 2. The van der Waals surface area contributed by atoms with Crippen LogP contribution in [0.5, 0.6) is 5.75 Å². The fraction of sp³-hybridized carbons (Fsp3) is 0.500. The van der Waals surface area contributed by atoms with Crippen LogP contribution in [0.4, 0.5) is 0 Å². The number of ether oxygens (including phenoxy) is 1. The van der Waals surface area contributed by atoms with Gasteiger partial charge in [0.1, 0.15) is 12.4 Å². The molecule has 0 aromatic carbocycles. The van der Waals surface area contributed by atoms with E-state index in [9.17, 15) is 0 Å². The first kappa shape index (κ1) is 15.9. The minimum absolute atomic E-state index is 0.0634. The lowest BCUT2D eigenvalue weighted by molar-refractivity contribution is 0.296. The number of hydrogen-bond acceptors (Lipinski definition) is 5. The van der Waals surface area contributed by atoms with Gasteiger partial charge in [0.2, 0.25) is 0 Å². The lowest BCUT2D eigenvalue weighted by Crippen LogP contribution is -2.19. The predicted molar refractivity (Wildman–Crippen MR) is 86.9 cm³/mol. The van der Waals surface area contributed by atoms with Crippen molar-refractivity contribution in [2.24, 2.45) is 5.73 Å². The monoisotopic (exact) mass is 305 g/mol. The summed E-state index contributed by atoms with van der Waals surface area (Å²) in [5.41, 5.74) is 8.75. The first-order valence-corrected chi connectivity index (χ1v) is 8.13. The summed E-state index contributed by atoms with van der Waals surface area (Å²) in [6.07, 6.45) is 0.714. The van der Waals surface area contributed by atoms with Crippen LogP contribution in [0.3, 0.4) is 0 Å². The Labute approximate surface area is 130 Å². The molecular formula is C16H23N3OS. The quantitative estimate of drug-likeness (QED) is 0.888. The Hall–Kier alpha value is -1.46. The molecule has 0 radical (unpaired) electrons. The Balaban J connectivity index is 2.08. The third kappa shape index (κ3) is 4.51. The second-order valence-corrected chi connectivity index (χ2v) is 6.59. The van der Waals surface area contributed by atoms with E-state index >= 15 is 0 Å². The van der Waals surface area contributed by atoms with E-state index in [4.69, 9.17) is 10.5 Å². The maximum Gasteiger partial charge on any atom is 0.141 e. The number of nitrogens with zero attached hydrogens (tertiary/aromatic N) is 2. The highest BCUT2D eigenvalue weighted by molar-refractivity contribution is 7.09. The molecule has 2 aromatic rings. The molecule has 114 valence electrons. The molecule has 1 atom stereocenters. The van der Waals surface area contributed by atoms with Crippen LogP contribution in [0.2, 0.25) is 0 Å². The van der Waals surface area contributed by atoms with Crippen molar-refractivity contribution >= 4 is 11.3 Å². The standard InChI is InChI=1S/C16H23N3OS/c1-10(2)16-19-13(9-21-16)8-20-15-6-5-12(4)18-14(15)7-11(3)17/h5-6,9-11H,7-8,17H2,1-4H3. The van der Waals surface area contributed by atoms with Gasteiger partial charge in [0.25, 0.3) is 0 Å². The van der Waals surface area contributed by atoms with E-state index in [0.29, 0.717) is 18.9 Å². The van der Waals surface area contributed by atoms with E-state index in [2.05, 4.69) is 29.2 Å². The molecule has 5 heteroatoms. The van der Waals surface area contributed by atoms with E-state index in [1.807, 2.05) is 26.0 Å². The first-order chi connectivity index (χ1) is 9.95. The molecule has 0 aliphatic rings. The van der Waals surface area contributed by atoms with Gasteiger partial charge in [-0.15, -0.1) is 11.3 Å². The van der Waals surface area contributed by atoms with Crippen LogP contribution in [0, 0.1) is 6.92 Å². The average Bonchev–Trinajstić information content (AvgIpc) is 2.86. The van der Waals surface area contributed by atoms with E-state index in [-0.39, 0.29) is 6.04 Å². The fourth-order valence-electron chi connectivity index (χ4n) is 1.99. The third-order valence-electron chi connectivity index (χ3n) is 3.03. The number of thiazole rings is 1. The van der Waals surface area contributed by atoms with Crippen LogP contribution in [0.25, 0.3) is 0 Å². The lowest BCUT2D eigenvalue weighted by Gasteiger charge is -2.12. The Bertz CT molecular complexity index is 593. The number of hydrogen-bond donors (Lipinski definition) is 1. The Morgan fingerprint density at radius 2 is 2.00 bits per heavy atom. The zero-order valence-electron chi connectivity index (χ0n) is 13.1. The van der Waals surface area contributed by atoms with Crippen LogP contribution < -0.4 is 10.5 Å². The predicted octanol–water partition coefficient (Wildman–Crippen LogP) is 3.44. The Morgan fingerprint density at radius 1 is 1.24 bits per heavy atom. The summed E-state index contributed by atoms with van der Waals surface area (Å²) in [6, 6.07) is 3.99. The summed E-state index contributed by atoms with van der Waals surface area (Å²) < 4.78 is 5.90. The van der Waals surface area contributed by atoms with Crippen molar-refractivity contribution in [2.45, 2.75) is 52.7 Å². The van der Waals surface area contributed by atoms with Gasteiger partial charge in [-0.1, -0.05) is 13.8 Å². The normalized spacial score (nSPS) is 12.7. The van der Waals surface area contributed by atoms with Gasteiger partial charge in [0.15, 0.2) is 0 Å². The third-order valence-corrected chi connectivity index (χ3v) is 4.22. The summed E-state index contributed by atoms with van der Waals surface area (Å²) in [5, 5.41) is 3.20. The number of aryl methyl sites for hydroxylation is 1. The molecule has 2 rings (SSSR count). The van der Waals surface area contributed by atoms with Crippen molar-refractivity contribution in [1.29, 1.82) is 0 Å². The SMILES string of the molecule is Cc1ccc(OCc2csc(C(C)C)n2)c(CC(C)N)n1. The van der Waals surface area contributed by atoms with Crippen molar-refractivity contribution in [3.05, 3.63) is 39.6 Å². The molecule has 0 bridgehead atoms. The van der Waals surface area contributed by atoms with Gasteiger partial charge in [-0.05, 0) is 26.0 Å². The van der Waals surface area contributed by atoms with Gasteiger partial charge >= 0.3 is 0 Å². The van der Waals surface area contributed by atoms with Gasteiger partial charge < -0.3 is 10.5 Å². The minimum Gasteiger partial charge on any atom is -0.485 e. The molecule has 2 N–H and O–H groups in total. The molecule has 0 fully saturated rings. The van der Waals surface area contributed by atoms with Crippen LogP contribution in [-0.2, 0) is 13.0 Å². The highest BCUT2D eigenvalue weighted by Gasteiger charge is 2.10. The summed E-state index contributed by atoms with van der Waals surface area (Å²) in [4.78, 5) is 9.12. The van der Waals surface area contributed by atoms with E-state index < -0.39 is 0 Å². The number of rotatable bonds is 6. The van der Waals surface area contributed by atoms with Gasteiger partial charge in [-0.25, -0.2) is 4.98 Å². The van der Waals surface area contributed by atoms with Crippen molar-refractivity contribution in [1.82, 2.24) is 9.97 Å². The maximum atomic E-state index is 5.90. The highest BCUT2D eigenvalue weighted by atomic mass is 32.1. The molecule has 0 amide bonds. The molecule has 0 aliphatic heterocycles. The zero-order valence-corrected chi connectivity index (χ0v) is 13.9. The zero-order chi connectivity index (χ0) is 15.4. The van der Waals surface area contributed by atoms with Gasteiger partial charge in [-0.3, -0.25) is 4.98 Å². The van der Waals surface area contributed by atoms with Gasteiger partial charge in [0.05, 0.1) is 16.4 Å². The average molecular weight is 305 g/mol. The molecule has 2 aromatic heterocycles. The molecule has 0 saturated carbocycles. The highest BCUT2D eigenvalue weighted by Crippen LogP contribution is 2.22. The molecule has 0 aliphatic carbocycles. The summed E-state index contributed by atoms with van der Waals surface area (Å²) in [6.45, 7) is 8.72. The van der Waals surface area contributed by atoms with Crippen LogP contribution in [0.15, 0.2) is 17.5 Å². The van der Waals surface area contributed by atoms with Crippen molar-refractivity contribution in [3.63, 3.8) is 0 Å². The molecule has 1 unspecified atom stereocenters. The van der Waals surface area contributed by atoms with Crippen molar-refractivity contribution in [3.8, 4) is 5.75 Å². The molecule has 0 saturated heterocycles. The van der Waals surface area contributed by atoms with Crippen LogP contribution in [0.1, 0.15) is 48.8 Å². The Kier molecular flexibility index (Phi) is 5.31. The topological polar surface area (TPSA) is 61.0 Å². The van der Waals surface area contributed by atoms with Crippen molar-refractivity contribution in [2.75, 3.05) is 0 Å². The van der Waals surface area contributed by atoms with E-state index in [0.717, 1.165) is 27.8 Å². The van der Waals surface area contributed by atoms with Crippen molar-refractivity contribution < 1.29 is 4.74 Å². The van der Waals surface area contributed by atoms with E-state index in [1.54, 1.807) is 11.3 Å².